The fourth-order valence-electron chi connectivity index (χ4n) is 11.9. The smallest absolute Gasteiger partial charge is 0.332 e. The number of nitrogens with zero attached hydrogens (tertiary/aromatic N) is 5. The Morgan fingerprint density at radius 3 is 1.05 bits per heavy atom. The highest BCUT2D eigenvalue weighted by Crippen LogP contribution is 2.48. The first-order valence-corrected chi connectivity index (χ1v) is 24.8. The number of hydrogen-bond acceptors (Lipinski definition) is 17. The van der Waals surface area contributed by atoms with Gasteiger partial charge in [0.2, 0.25) is 29.5 Å². The largest absolute Gasteiger partial charge is 0.464 e. The monoisotopic (exact) mass is 1060 g/mol. The van der Waals surface area contributed by atoms with Gasteiger partial charge in [-0.1, -0.05) is 0 Å². The van der Waals surface area contributed by atoms with Crippen LogP contribution in [0, 0.1) is 0 Å². The first-order valence-electron chi connectivity index (χ1n) is 24.8. The summed E-state index contributed by atoms with van der Waals surface area (Å²) in [5.74, 6) is -8.96. The Labute approximate surface area is 423 Å². The number of rotatable bonds is 9. The number of alkyl halides is 4. The van der Waals surface area contributed by atoms with Crippen LogP contribution >= 0.6 is 0 Å². The van der Waals surface area contributed by atoms with Crippen molar-refractivity contribution < 1.29 is 99.2 Å². The molecule has 10 heterocycles. The van der Waals surface area contributed by atoms with Crippen molar-refractivity contribution in [2.24, 2.45) is 0 Å². The molecule has 10 aliphatic rings. The van der Waals surface area contributed by atoms with Crippen LogP contribution in [0.5, 0.6) is 0 Å². The third-order valence-electron chi connectivity index (χ3n) is 15.3. The Balaban J connectivity index is 0.000000151. The number of amides is 5. The van der Waals surface area contributed by atoms with Gasteiger partial charge in [0.1, 0.15) is 22.2 Å². The number of ether oxygens (including phenoxy) is 4. The Kier molecular flexibility index (Phi) is 16.7. The lowest BCUT2D eigenvalue weighted by molar-refractivity contribution is -0.157. The molecule has 10 fully saturated rings. The molecule has 410 valence electrons. The summed E-state index contributed by atoms with van der Waals surface area (Å²) in [6, 6.07) is 0. The molecule has 22 nitrogen and oxygen atoms in total. The molecule has 10 saturated heterocycles. The second-order valence-electron chi connectivity index (χ2n) is 20.0. The molecule has 5 amide bonds. The van der Waals surface area contributed by atoms with Gasteiger partial charge < -0.3 is 48.6 Å². The van der Waals surface area contributed by atoms with Gasteiger partial charge in [-0.25, -0.2) is 36.7 Å². The van der Waals surface area contributed by atoms with Crippen LogP contribution in [0.4, 0.5) is 17.6 Å². The van der Waals surface area contributed by atoms with Crippen molar-refractivity contribution in [1.82, 2.24) is 24.5 Å². The van der Waals surface area contributed by atoms with E-state index in [-0.39, 0.29) is 145 Å². The molecule has 0 aliphatic carbocycles. The number of aliphatic hydroxyl groups excluding tert-OH is 1. The molecular formula is C48H63F4N5O17. The second-order valence-corrected chi connectivity index (χ2v) is 20.0. The zero-order valence-electron chi connectivity index (χ0n) is 41.9. The lowest BCUT2D eigenvalue weighted by atomic mass is 9.93. The highest BCUT2D eigenvalue weighted by molar-refractivity contribution is 6.04. The van der Waals surface area contributed by atoms with Crippen LogP contribution in [0.2, 0.25) is 0 Å². The van der Waals surface area contributed by atoms with Gasteiger partial charge in [-0.3, -0.25) is 38.4 Å². The lowest BCUT2D eigenvalue weighted by Crippen LogP contribution is -2.48. The maximum absolute atomic E-state index is 13.3. The topological polar surface area (TPSA) is 278 Å². The summed E-state index contributed by atoms with van der Waals surface area (Å²) in [5.41, 5.74) is -5.27. The molecule has 0 aromatic heterocycles. The highest BCUT2D eigenvalue weighted by Gasteiger charge is 2.65. The Hall–Kier alpha value is -6.08. The van der Waals surface area contributed by atoms with Crippen LogP contribution in [0.15, 0.2) is 0 Å². The van der Waals surface area contributed by atoms with Crippen molar-refractivity contribution >= 4 is 70.8 Å². The maximum Gasteiger partial charge on any atom is 0.332 e. The fraction of sp³-hybridized carbons (Fsp3) is 0.750. The van der Waals surface area contributed by atoms with E-state index < -0.39 is 82.9 Å². The number of hydrogen-bond donors (Lipinski definition) is 1. The lowest BCUT2D eigenvalue weighted by Gasteiger charge is -2.28. The van der Waals surface area contributed by atoms with Crippen molar-refractivity contribution in [2.75, 3.05) is 65.8 Å². The first kappa shape index (κ1) is 57.2. The second kappa shape index (κ2) is 21.6. The van der Waals surface area contributed by atoms with Crippen LogP contribution < -0.4 is 0 Å². The maximum atomic E-state index is 13.3. The molecule has 1 N–H and O–H groups in total. The van der Waals surface area contributed by atoms with Crippen molar-refractivity contribution in [2.45, 2.75) is 164 Å². The molecule has 0 aromatic rings. The van der Waals surface area contributed by atoms with Gasteiger partial charge in [0, 0.05) is 64.2 Å². The van der Waals surface area contributed by atoms with E-state index in [0.29, 0.717) is 44.9 Å². The zero-order valence-corrected chi connectivity index (χ0v) is 41.9. The molecule has 0 spiro atoms. The summed E-state index contributed by atoms with van der Waals surface area (Å²) in [5, 5.41) is 9.05. The molecular weight excluding hydrogens is 995 g/mol. The van der Waals surface area contributed by atoms with E-state index in [9.17, 15) is 75.1 Å². The third kappa shape index (κ3) is 10.6. The molecule has 5 atom stereocenters. The number of carbonyl (C=O) groups excluding carboxylic acids is 12. The van der Waals surface area contributed by atoms with Crippen LogP contribution in [-0.4, -0.2) is 206 Å². The third-order valence-corrected chi connectivity index (χ3v) is 15.3. The average molecular weight is 1060 g/mol. The molecule has 0 radical (unpaired) electrons. The number of halogens is 4. The summed E-state index contributed by atoms with van der Waals surface area (Å²) in [4.78, 5) is 144. The van der Waals surface area contributed by atoms with Crippen LogP contribution in [0.3, 0.4) is 0 Å². The van der Waals surface area contributed by atoms with Crippen molar-refractivity contribution in [3.63, 3.8) is 0 Å². The first-order chi connectivity index (χ1) is 34.7. The molecule has 0 bridgehead atoms. The fourth-order valence-corrected chi connectivity index (χ4v) is 11.9. The van der Waals surface area contributed by atoms with E-state index in [1.807, 2.05) is 0 Å². The number of carbonyl (C=O) groups is 12. The number of Topliss-reactive ketones (excluding diaryl/α,β-unsaturated/α-hetero) is 3. The minimum Gasteiger partial charge on any atom is -0.464 e. The minimum atomic E-state index is -2.98. The Bertz CT molecular complexity index is 2200. The Morgan fingerprint density at radius 2 is 0.716 bits per heavy atom. The molecule has 74 heavy (non-hydrogen) atoms. The summed E-state index contributed by atoms with van der Waals surface area (Å²) < 4.78 is 72.1. The SMILES string of the molecule is CCOC(=O)C12CCC(=O)N1CC(=O)C2.CCOC(=O)[C@@]12CCC(=O)N1CC(=O)C2.CCOC(=O)[C@@]12CCC(=O)N1CC(F)(F)C2.CCOC(=O)[C@]12CCC(=O)N1CC(=O)C2.O=C1CC[C@@]2(CO)CC(F)(F)CN12. The summed E-state index contributed by atoms with van der Waals surface area (Å²) >= 11 is 0. The van der Waals surface area contributed by atoms with E-state index in [1.165, 1.54) is 14.7 Å². The van der Waals surface area contributed by atoms with E-state index in [4.69, 9.17) is 24.1 Å². The van der Waals surface area contributed by atoms with Crippen LogP contribution in [0.25, 0.3) is 0 Å². The zero-order chi connectivity index (χ0) is 54.8. The predicted octanol–water partition coefficient (Wildman–Crippen LogP) is 0.979. The van der Waals surface area contributed by atoms with Crippen LogP contribution in [0.1, 0.15) is 124 Å². The summed E-state index contributed by atoms with van der Waals surface area (Å²) in [6.07, 6.45) is 2.57. The summed E-state index contributed by atoms with van der Waals surface area (Å²) in [6.45, 7) is 6.38. The van der Waals surface area contributed by atoms with E-state index in [0.717, 1.165) is 9.80 Å². The standard InChI is InChI=1S/C10H13F2NO3.3C10H13NO4.C8H11F2NO2/c1-2-16-8(15)9-4-3-7(14)13(9)6-10(11,12)5-9;3*1-2-15-9(14)10-4-3-8(13)11(10)6-7(12)5-10;9-8(10)3-7(5-12)2-1-6(13)11(7)4-8/h2-6H2,1H3;3*2-6H2,1H3;12H,1-5H2/t9-;2*10-;;7-/m010.0/s1. The van der Waals surface area contributed by atoms with E-state index in [2.05, 4.69) is 0 Å². The summed E-state index contributed by atoms with van der Waals surface area (Å²) in [7, 11) is 0. The number of fused-ring (bicyclic) bond motifs is 5. The molecule has 26 heteroatoms. The molecule has 0 aromatic carbocycles. The highest BCUT2D eigenvalue weighted by atomic mass is 19.3. The van der Waals surface area contributed by atoms with E-state index >= 15 is 0 Å². The van der Waals surface area contributed by atoms with Gasteiger partial charge in [0.25, 0.3) is 11.8 Å². The van der Waals surface area contributed by atoms with Crippen LogP contribution in [-0.2, 0) is 76.5 Å². The molecule has 10 aliphatic heterocycles. The van der Waals surface area contributed by atoms with Crippen molar-refractivity contribution in [3.8, 4) is 0 Å². The van der Waals surface area contributed by atoms with Gasteiger partial charge in [0.05, 0.1) is 71.3 Å². The van der Waals surface area contributed by atoms with Crippen molar-refractivity contribution in [3.05, 3.63) is 0 Å². The van der Waals surface area contributed by atoms with Gasteiger partial charge in [-0.2, -0.15) is 0 Å². The van der Waals surface area contributed by atoms with E-state index in [1.54, 1.807) is 27.7 Å². The van der Waals surface area contributed by atoms with Gasteiger partial charge >= 0.3 is 23.9 Å². The van der Waals surface area contributed by atoms with Gasteiger partial charge in [-0.05, 0) is 59.8 Å². The molecule has 0 saturated carbocycles. The number of aliphatic hydroxyl groups is 1. The number of esters is 4. The van der Waals surface area contributed by atoms with Crippen molar-refractivity contribution in [1.29, 1.82) is 0 Å². The minimum absolute atomic E-state index is 0.0592. The molecule has 10 rings (SSSR count). The van der Waals surface area contributed by atoms with Gasteiger partial charge in [-0.15, -0.1) is 0 Å². The quantitative estimate of drug-likeness (QED) is 0.191. The average Bonchev–Trinajstić information content (AvgIpc) is 4.24. The van der Waals surface area contributed by atoms with Gasteiger partial charge in [0.15, 0.2) is 17.3 Å². The predicted molar refractivity (Wildman–Crippen MR) is 240 cm³/mol. The number of ketones is 3. The Morgan fingerprint density at radius 1 is 0.432 bits per heavy atom. The molecule has 1 unspecified atom stereocenters. The normalized spacial score (nSPS) is 31.3.